The minimum absolute atomic E-state index is 0.167. The van der Waals surface area contributed by atoms with Gasteiger partial charge in [0.25, 0.3) is 0 Å². The predicted molar refractivity (Wildman–Crippen MR) is 44.1 cm³/mol. The number of aliphatic hydroxyl groups excluding tert-OH is 2. The molecule has 0 aromatic heterocycles. The molecule has 1 aliphatic carbocycles. The molecular formula is C9H16O2. The van der Waals surface area contributed by atoms with Crippen LogP contribution in [0.15, 0.2) is 12.2 Å². The second kappa shape index (κ2) is 3.88. The van der Waals surface area contributed by atoms with Crippen LogP contribution in [-0.4, -0.2) is 22.9 Å². The molecule has 0 bridgehead atoms. The maximum absolute atomic E-state index is 9.51. The molecule has 0 aromatic rings. The minimum Gasteiger partial charge on any atom is -0.396 e. The van der Waals surface area contributed by atoms with E-state index in [0.29, 0.717) is 12.3 Å². The van der Waals surface area contributed by atoms with E-state index in [1.807, 2.05) is 6.08 Å². The van der Waals surface area contributed by atoms with Crippen LogP contribution in [0.1, 0.15) is 19.8 Å². The maximum Gasteiger partial charge on any atom is 0.0609 e. The molecule has 0 aromatic carbocycles. The first-order valence-corrected chi connectivity index (χ1v) is 4.21. The molecule has 0 heterocycles. The molecule has 2 nitrogen and oxygen atoms in total. The fourth-order valence-corrected chi connectivity index (χ4v) is 1.53. The van der Waals surface area contributed by atoms with Crippen molar-refractivity contribution in [1.82, 2.24) is 0 Å². The number of rotatable bonds is 2. The van der Waals surface area contributed by atoms with E-state index in [4.69, 9.17) is 5.11 Å². The molecule has 2 N–H and O–H groups in total. The van der Waals surface area contributed by atoms with Crippen LogP contribution in [0, 0.1) is 11.8 Å². The van der Waals surface area contributed by atoms with Crippen molar-refractivity contribution in [2.24, 2.45) is 11.8 Å². The SMILES string of the molecule is C[C@@H]1C=C[C@H](CCO)C(O)C1. The lowest BCUT2D eigenvalue weighted by atomic mass is 9.85. The van der Waals surface area contributed by atoms with Gasteiger partial charge >= 0.3 is 0 Å². The summed E-state index contributed by atoms with van der Waals surface area (Å²) < 4.78 is 0. The van der Waals surface area contributed by atoms with E-state index < -0.39 is 0 Å². The Morgan fingerprint density at radius 3 is 2.73 bits per heavy atom. The first kappa shape index (κ1) is 8.75. The predicted octanol–water partition coefficient (Wildman–Crippen LogP) is 0.942. The minimum atomic E-state index is -0.248. The van der Waals surface area contributed by atoms with Crippen molar-refractivity contribution in [2.45, 2.75) is 25.9 Å². The van der Waals surface area contributed by atoms with Crippen LogP contribution in [0.4, 0.5) is 0 Å². The highest BCUT2D eigenvalue weighted by molar-refractivity contribution is 5.00. The molecule has 0 aliphatic heterocycles. The zero-order valence-electron chi connectivity index (χ0n) is 6.90. The van der Waals surface area contributed by atoms with Crippen LogP contribution in [0.2, 0.25) is 0 Å². The number of hydrogen-bond acceptors (Lipinski definition) is 2. The van der Waals surface area contributed by atoms with Gasteiger partial charge in [-0.2, -0.15) is 0 Å². The summed E-state index contributed by atoms with van der Waals surface area (Å²) in [6, 6.07) is 0. The Morgan fingerprint density at radius 2 is 2.18 bits per heavy atom. The highest BCUT2D eigenvalue weighted by Crippen LogP contribution is 2.24. The molecule has 1 aliphatic rings. The van der Waals surface area contributed by atoms with Crippen molar-refractivity contribution in [3.63, 3.8) is 0 Å². The smallest absolute Gasteiger partial charge is 0.0609 e. The van der Waals surface area contributed by atoms with E-state index in [1.54, 1.807) is 0 Å². The highest BCUT2D eigenvalue weighted by Gasteiger charge is 2.21. The van der Waals surface area contributed by atoms with E-state index >= 15 is 0 Å². The second-order valence-electron chi connectivity index (χ2n) is 3.34. The van der Waals surface area contributed by atoms with Crippen LogP contribution in [0.25, 0.3) is 0 Å². The molecule has 0 fully saturated rings. The normalized spacial score (nSPS) is 37.5. The third-order valence-corrected chi connectivity index (χ3v) is 2.26. The molecule has 0 saturated carbocycles. The van der Waals surface area contributed by atoms with E-state index in [9.17, 15) is 5.11 Å². The summed E-state index contributed by atoms with van der Waals surface area (Å²) in [5, 5.41) is 18.2. The van der Waals surface area contributed by atoms with E-state index in [-0.39, 0.29) is 18.6 Å². The monoisotopic (exact) mass is 156 g/mol. The fourth-order valence-electron chi connectivity index (χ4n) is 1.53. The van der Waals surface area contributed by atoms with E-state index in [2.05, 4.69) is 13.0 Å². The molecule has 2 heteroatoms. The van der Waals surface area contributed by atoms with Crippen LogP contribution < -0.4 is 0 Å². The molecule has 64 valence electrons. The van der Waals surface area contributed by atoms with Gasteiger partial charge in [-0.15, -0.1) is 0 Å². The Labute approximate surface area is 67.6 Å². The van der Waals surface area contributed by atoms with Gasteiger partial charge < -0.3 is 10.2 Å². The number of hydrogen-bond donors (Lipinski definition) is 2. The number of aliphatic hydroxyl groups is 2. The summed E-state index contributed by atoms with van der Waals surface area (Å²) in [6.07, 6.45) is 5.41. The summed E-state index contributed by atoms with van der Waals surface area (Å²) in [6.45, 7) is 2.26. The summed E-state index contributed by atoms with van der Waals surface area (Å²) in [5.74, 6) is 0.663. The molecular weight excluding hydrogens is 140 g/mol. The lowest BCUT2D eigenvalue weighted by molar-refractivity contribution is 0.0886. The molecule has 0 radical (unpaired) electrons. The highest BCUT2D eigenvalue weighted by atomic mass is 16.3. The average Bonchev–Trinajstić information content (AvgIpc) is 1.95. The molecule has 0 spiro atoms. The zero-order chi connectivity index (χ0) is 8.27. The first-order chi connectivity index (χ1) is 5.24. The first-order valence-electron chi connectivity index (χ1n) is 4.21. The Bertz CT molecular complexity index is 142. The van der Waals surface area contributed by atoms with Gasteiger partial charge in [-0.3, -0.25) is 0 Å². The van der Waals surface area contributed by atoms with Gasteiger partial charge in [0.1, 0.15) is 0 Å². The van der Waals surface area contributed by atoms with Gasteiger partial charge in [0.05, 0.1) is 6.10 Å². The molecule has 3 atom stereocenters. The van der Waals surface area contributed by atoms with Gasteiger partial charge in [0.2, 0.25) is 0 Å². The van der Waals surface area contributed by atoms with Crippen LogP contribution in [-0.2, 0) is 0 Å². The zero-order valence-corrected chi connectivity index (χ0v) is 6.90. The molecule has 0 amide bonds. The topological polar surface area (TPSA) is 40.5 Å². The summed E-state index contributed by atoms with van der Waals surface area (Å²) in [7, 11) is 0. The van der Waals surface area contributed by atoms with Crippen molar-refractivity contribution < 1.29 is 10.2 Å². The summed E-state index contributed by atoms with van der Waals surface area (Å²) in [5.41, 5.74) is 0. The fraction of sp³-hybridized carbons (Fsp3) is 0.778. The Morgan fingerprint density at radius 1 is 1.45 bits per heavy atom. The molecule has 1 unspecified atom stereocenters. The Kier molecular flexibility index (Phi) is 3.09. The third-order valence-electron chi connectivity index (χ3n) is 2.26. The standard InChI is InChI=1S/C9H16O2/c1-7-2-3-8(4-5-10)9(11)6-7/h2-3,7-11H,4-6H2,1H3/t7-,8-,9?/m1/s1. The van der Waals surface area contributed by atoms with E-state index in [0.717, 1.165) is 6.42 Å². The van der Waals surface area contributed by atoms with Crippen molar-refractivity contribution in [2.75, 3.05) is 6.61 Å². The summed E-state index contributed by atoms with van der Waals surface area (Å²) >= 11 is 0. The van der Waals surface area contributed by atoms with E-state index in [1.165, 1.54) is 0 Å². The maximum atomic E-state index is 9.51. The van der Waals surface area contributed by atoms with Crippen LogP contribution >= 0.6 is 0 Å². The van der Waals surface area contributed by atoms with Crippen LogP contribution in [0.5, 0.6) is 0 Å². The van der Waals surface area contributed by atoms with Gasteiger partial charge in [0, 0.05) is 12.5 Å². The van der Waals surface area contributed by atoms with Crippen LogP contribution in [0.3, 0.4) is 0 Å². The number of allylic oxidation sites excluding steroid dienone is 1. The lowest BCUT2D eigenvalue weighted by Gasteiger charge is -2.25. The lowest BCUT2D eigenvalue weighted by Crippen LogP contribution is -2.25. The van der Waals surface area contributed by atoms with Gasteiger partial charge in [-0.05, 0) is 18.8 Å². The Hall–Kier alpha value is -0.340. The molecule has 1 rings (SSSR count). The second-order valence-corrected chi connectivity index (χ2v) is 3.34. The van der Waals surface area contributed by atoms with Crippen molar-refractivity contribution in [3.05, 3.63) is 12.2 Å². The van der Waals surface area contributed by atoms with Crippen molar-refractivity contribution in [3.8, 4) is 0 Å². The third kappa shape index (κ3) is 2.31. The van der Waals surface area contributed by atoms with Gasteiger partial charge in [0.15, 0.2) is 0 Å². The molecule has 11 heavy (non-hydrogen) atoms. The largest absolute Gasteiger partial charge is 0.396 e. The average molecular weight is 156 g/mol. The quantitative estimate of drug-likeness (QED) is 0.584. The van der Waals surface area contributed by atoms with Crippen molar-refractivity contribution in [1.29, 1.82) is 0 Å². The molecule has 0 saturated heterocycles. The van der Waals surface area contributed by atoms with Gasteiger partial charge in [-0.1, -0.05) is 19.1 Å². The summed E-state index contributed by atoms with van der Waals surface area (Å²) in [4.78, 5) is 0. The van der Waals surface area contributed by atoms with Gasteiger partial charge in [-0.25, -0.2) is 0 Å². The Balaban J connectivity index is 2.46. The van der Waals surface area contributed by atoms with Crippen molar-refractivity contribution >= 4 is 0 Å².